The van der Waals surface area contributed by atoms with E-state index in [9.17, 15) is 22.8 Å². The Morgan fingerprint density at radius 3 is 2.32 bits per heavy atom. The fraction of sp³-hybridized carbons (Fsp3) is 0.222. The van der Waals surface area contributed by atoms with E-state index in [1.807, 2.05) is 31.2 Å². The van der Waals surface area contributed by atoms with E-state index >= 15 is 0 Å². The van der Waals surface area contributed by atoms with Crippen LogP contribution >= 0.6 is 11.8 Å². The second kappa shape index (κ2) is 6.55. The normalized spacial score (nSPS) is 18.1. The molecule has 2 amide bonds. The molecule has 0 unspecified atom stereocenters. The van der Waals surface area contributed by atoms with Gasteiger partial charge in [-0.2, -0.15) is 13.2 Å². The maximum absolute atomic E-state index is 13.2. The third-order valence-corrected chi connectivity index (χ3v) is 5.05. The van der Waals surface area contributed by atoms with Gasteiger partial charge in [0.25, 0.3) is 0 Å². The lowest BCUT2D eigenvalue weighted by atomic mass is 10.1. The van der Waals surface area contributed by atoms with Crippen LogP contribution in [0.15, 0.2) is 53.4 Å². The number of alkyl halides is 3. The van der Waals surface area contributed by atoms with Crippen molar-refractivity contribution in [2.45, 2.75) is 29.7 Å². The molecule has 0 saturated carbocycles. The van der Waals surface area contributed by atoms with Gasteiger partial charge in [0, 0.05) is 11.3 Å². The van der Waals surface area contributed by atoms with Gasteiger partial charge in [0.05, 0.1) is 16.5 Å². The Kier molecular flexibility index (Phi) is 4.60. The van der Waals surface area contributed by atoms with Crippen LogP contribution in [0.5, 0.6) is 0 Å². The molecular weight excluding hydrogens is 351 g/mol. The van der Waals surface area contributed by atoms with Crippen molar-refractivity contribution in [2.24, 2.45) is 0 Å². The highest BCUT2D eigenvalue weighted by Crippen LogP contribution is 2.40. The Labute approximate surface area is 146 Å². The average Bonchev–Trinajstić information content (AvgIpc) is 2.83. The molecule has 2 aromatic carbocycles. The number of carbonyl (C=O) groups excluding carboxylic acids is 2. The molecule has 25 heavy (non-hydrogen) atoms. The van der Waals surface area contributed by atoms with Gasteiger partial charge in [-0.1, -0.05) is 29.8 Å². The number of anilines is 1. The standard InChI is InChI=1S/C18H14F3NO2S/c1-11-6-8-12(9-7-11)25-15-10-16(23)22(17(15)24)14-5-3-2-4-13(14)18(19,20)21/h2-9,15H,10H2,1H3/t15-/m1/s1. The van der Waals surface area contributed by atoms with E-state index in [1.54, 1.807) is 0 Å². The van der Waals surface area contributed by atoms with Gasteiger partial charge in [-0.25, -0.2) is 4.90 Å². The van der Waals surface area contributed by atoms with Crippen LogP contribution in [0.25, 0.3) is 0 Å². The van der Waals surface area contributed by atoms with Crippen LogP contribution in [0.1, 0.15) is 17.5 Å². The zero-order valence-electron chi connectivity index (χ0n) is 13.2. The number of carbonyl (C=O) groups is 2. The van der Waals surface area contributed by atoms with Gasteiger partial charge >= 0.3 is 6.18 Å². The molecule has 0 radical (unpaired) electrons. The molecule has 1 aliphatic heterocycles. The highest BCUT2D eigenvalue weighted by molar-refractivity contribution is 8.00. The van der Waals surface area contributed by atoms with Crippen LogP contribution < -0.4 is 4.90 Å². The fourth-order valence-electron chi connectivity index (χ4n) is 2.64. The van der Waals surface area contributed by atoms with E-state index in [4.69, 9.17) is 0 Å². The number of imide groups is 1. The van der Waals surface area contributed by atoms with E-state index in [2.05, 4.69) is 0 Å². The van der Waals surface area contributed by atoms with Crippen molar-refractivity contribution < 1.29 is 22.8 Å². The SMILES string of the molecule is Cc1ccc(S[C@@H]2CC(=O)N(c3ccccc3C(F)(F)F)C2=O)cc1. The molecule has 1 aliphatic rings. The minimum atomic E-state index is -4.64. The Morgan fingerprint density at radius 2 is 1.68 bits per heavy atom. The Balaban J connectivity index is 1.89. The molecule has 1 fully saturated rings. The van der Waals surface area contributed by atoms with E-state index in [0.717, 1.165) is 22.6 Å². The highest BCUT2D eigenvalue weighted by Gasteiger charge is 2.44. The zero-order chi connectivity index (χ0) is 18.2. The van der Waals surface area contributed by atoms with E-state index in [1.165, 1.54) is 23.9 Å². The van der Waals surface area contributed by atoms with Crippen LogP contribution in [0.4, 0.5) is 18.9 Å². The van der Waals surface area contributed by atoms with Gasteiger partial charge in [-0.3, -0.25) is 9.59 Å². The molecule has 1 heterocycles. The molecule has 0 aliphatic carbocycles. The first-order valence-corrected chi connectivity index (χ1v) is 8.41. The van der Waals surface area contributed by atoms with Gasteiger partial charge in [0.2, 0.25) is 11.8 Å². The summed E-state index contributed by atoms with van der Waals surface area (Å²) in [4.78, 5) is 26.3. The minimum Gasteiger partial charge on any atom is -0.274 e. The van der Waals surface area contributed by atoms with Crippen LogP contribution in [-0.4, -0.2) is 17.1 Å². The first kappa shape index (κ1) is 17.5. The predicted molar refractivity (Wildman–Crippen MR) is 89.4 cm³/mol. The number of thioether (sulfide) groups is 1. The minimum absolute atomic E-state index is 0.121. The third-order valence-electron chi connectivity index (χ3n) is 3.85. The molecular formula is C18H14F3NO2S. The molecule has 0 N–H and O–H groups in total. The predicted octanol–water partition coefficient (Wildman–Crippen LogP) is 4.44. The maximum Gasteiger partial charge on any atom is 0.418 e. The lowest BCUT2D eigenvalue weighted by Crippen LogP contribution is -2.33. The summed E-state index contributed by atoms with van der Waals surface area (Å²) in [5, 5.41) is -0.725. The van der Waals surface area contributed by atoms with Crippen molar-refractivity contribution >= 4 is 29.3 Å². The zero-order valence-corrected chi connectivity index (χ0v) is 14.0. The van der Waals surface area contributed by atoms with Crippen LogP contribution in [-0.2, 0) is 15.8 Å². The molecule has 7 heteroatoms. The van der Waals surface area contributed by atoms with Crippen molar-refractivity contribution in [2.75, 3.05) is 4.90 Å². The van der Waals surface area contributed by atoms with Gasteiger partial charge in [0.15, 0.2) is 0 Å². The number of hydrogen-bond donors (Lipinski definition) is 0. The lowest BCUT2D eigenvalue weighted by Gasteiger charge is -2.20. The second-order valence-corrected chi connectivity index (χ2v) is 6.98. The van der Waals surface area contributed by atoms with Gasteiger partial charge < -0.3 is 0 Å². The summed E-state index contributed by atoms with van der Waals surface area (Å²) in [6.45, 7) is 1.93. The Bertz CT molecular complexity index is 818. The Hall–Kier alpha value is -2.28. The maximum atomic E-state index is 13.2. The number of halogens is 3. The summed E-state index contributed by atoms with van der Waals surface area (Å²) in [5.41, 5.74) is -0.339. The number of rotatable bonds is 3. The molecule has 0 bridgehead atoms. The number of amides is 2. The quantitative estimate of drug-likeness (QED) is 0.755. The molecule has 130 valence electrons. The van der Waals surface area contributed by atoms with Crippen molar-refractivity contribution in [1.29, 1.82) is 0 Å². The summed E-state index contributed by atoms with van der Waals surface area (Å²) in [5.74, 6) is -1.24. The first-order chi connectivity index (χ1) is 11.8. The average molecular weight is 365 g/mol. The molecule has 0 spiro atoms. The molecule has 3 nitrogen and oxygen atoms in total. The number of benzene rings is 2. The number of hydrogen-bond acceptors (Lipinski definition) is 3. The highest BCUT2D eigenvalue weighted by atomic mass is 32.2. The lowest BCUT2D eigenvalue weighted by molar-refractivity contribution is -0.137. The second-order valence-electron chi connectivity index (χ2n) is 5.71. The summed E-state index contributed by atoms with van der Waals surface area (Å²) in [6, 6.07) is 12.0. The van der Waals surface area contributed by atoms with Crippen molar-refractivity contribution in [3.8, 4) is 0 Å². The smallest absolute Gasteiger partial charge is 0.274 e. The molecule has 0 aromatic heterocycles. The van der Waals surface area contributed by atoms with Crippen molar-refractivity contribution in [1.82, 2.24) is 0 Å². The molecule has 2 aromatic rings. The number of nitrogens with zero attached hydrogens (tertiary/aromatic N) is 1. The van der Waals surface area contributed by atoms with E-state index in [-0.39, 0.29) is 6.42 Å². The summed E-state index contributed by atoms with van der Waals surface area (Å²) >= 11 is 1.19. The van der Waals surface area contributed by atoms with Crippen molar-refractivity contribution in [3.05, 3.63) is 59.7 Å². The van der Waals surface area contributed by atoms with Gasteiger partial charge in [-0.05, 0) is 31.2 Å². The first-order valence-electron chi connectivity index (χ1n) is 7.54. The largest absolute Gasteiger partial charge is 0.418 e. The van der Waals surface area contributed by atoms with Crippen molar-refractivity contribution in [3.63, 3.8) is 0 Å². The van der Waals surface area contributed by atoms with Crippen LogP contribution in [0, 0.1) is 6.92 Å². The fourth-order valence-corrected chi connectivity index (χ4v) is 3.69. The van der Waals surface area contributed by atoms with Gasteiger partial charge in [-0.15, -0.1) is 11.8 Å². The number of aryl methyl sites for hydroxylation is 1. The van der Waals surface area contributed by atoms with Crippen LogP contribution in [0.2, 0.25) is 0 Å². The topological polar surface area (TPSA) is 37.4 Å². The summed E-state index contributed by atoms with van der Waals surface area (Å²) < 4.78 is 39.5. The monoisotopic (exact) mass is 365 g/mol. The summed E-state index contributed by atoms with van der Waals surface area (Å²) in [7, 11) is 0. The number of para-hydroxylation sites is 1. The van der Waals surface area contributed by atoms with Crippen LogP contribution in [0.3, 0.4) is 0 Å². The van der Waals surface area contributed by atoms with E-state index < -0.39 is 34.5 Å². The molecule has 1 atom stereocenters. The molecule has 1 saturated heterocycles. The van der Waals surface area contributed by atoms with Gasteiger partial charge in [0.1, 0.15) is 0 Å². The van der Waals surface area contributed by atoms with E-state index in [0.29, 0.717) is 4.90 Å². The summed E-state index contributed by atoms with van der Waals surface area (Å²) in [6.07, 6.45) is -4.76. The third kappa shape index (κ3) is 3.56. The Morgan fingerprint density at radius 1 is 1.04 bits per heavy atom. The molecule has 3 rings (SSSR count).